The lowest BCUT2D eigenvalue weighted by Gasteiger charge is -2.13. The number of ether oxygens (including phenoxy) is 1. The van der Waals surface area contributed by atoms with Gasteiger partial charge in [-0.25, -0.2) is 0 Å². The highest BCUT2D eigenvalue weighted by Crippen LogP contribution is 2.34. The van der Waals surface area contributed by atoms with Crippen molar-refractivity contribution in [1.29, 1.82) is 0 Å². The number of primary amides is 2. The SMILES string of the molecule is Cc1c(C)n(Cc2ccccc2)c2cccc(OC(C)C(N)=O)c12.NC(=O)C=O. The van der Waals surface area contributed by atoms with Crippen LogP contribution in [0, 0.1) is 13.8 Å². The lowest BCUT2D eigenvalue weighted by molar-refractivity contribution is -0.129. The molecule has 1 atom stereocenters. The molecular formula is C22H25N3O4. The van der Waals surface area contributed by atoms with E-state index in [-0.39, 0.29) is 6.29 Å². The lowest BCUT2D eigenvalue weighted by Crippen LogP contribution is -2.30. The van der Waals surface area contributed by atoms with E-state index in [4.69, 9.17) is 15.3 Å². The maximum Gasteiger partial charge on any atom is 0.281 e. The Hall–Kier alpha value is -3.61. The van der Waals surface area contributed by atoms with E-state index in [1.807, 2.05) is 30.3 Å². The number of aryl methyl sites for hydroxylation is 1. The summed E-state index contributed by atoms with van der Waals surface area (Å²) in [5.41, 5.74) is 14.3. The van der Waals surface area contributed by atoms with Gasteiger partial charge < -0.3 is 20.8 Å². The van der Waals surface area contributed by atoms with E-state index in [0.29, 0.717) is 5.75 Å². The predicted octanol–water partition coefficient (Wildman–Crippen LogP) is 2.23. The summed E-state index contributed by atoms with van der Waals surface area (Å²) in [5, 5.41) is 1.04. The second kappa shape index (κ2) is 9.54. The van der Waals surface area contributed by atoms with Crippen LogP contribution in [-0.4, -0.2) is 28.8 Å². The van der Waals surface area contributed by atoms with Crippen LogP contribution in [0.1, 0.15) is 23.7 Å². The third kappa shape index (κ3) is 5.22. The van der Waals surface area contributed by atoms with E-state index in [1.165, 1.54) is 11.3 Å². The van der Waals surface area contributed by atoms with E-state index in [1.54, 1.807) is 6.92 Å². The molecule has 2 amide bonds. The number of aromatic nitrogens is 1. The molecule has 7 heteroatoms. The summed E-state index contributed by atoms with van der Waals surface area (Å²) in [5.74, 6) is -0.693. The molecule has 152 valence electrons. The Morgan fingerprint density at radius 1 is 1.07 bits per heavy atom. The van der Waals surface area contributed by atoms with Gasteiger partial charge in [0.1, 0.15) is 5.75 Å². The van der Waals surface area contributed by atoms with Gasteiger partial charge in [0.25, 0.3) is 11.8 Å². The number of amides is 2. The molecule has 2 aromatic carbocycles. The molecule has 3 aromatic rings. The monoisotopic (exact) mass is 395 g/mol. The van der Waals surface area contributed by atoms with Crippen LogP contribution in [-0.2, 0) is 20.9 Å². The van der Waals surface area contributed by atoms with Crippen molar-refractivity contribution in [2.75, 3.05) is 0 Å². The standard InChI is InChI=1S/C20H22N2O2.C2H3NO2/c1-13-14(2)22(12-16-8-5-4-6-9-16)17-10-7-11-18(19(13)17)24-15(3)20(21)23;3-2(5)1-4/h4-11,15H,12H2,1-3H3,(H2,21,23);1H,(H2,3,5). The first-order chi connectivity index (χ1) is 13.8. The molecule has 1 heterocycles. The van der Waals surface area contributed by atoms with E-state index in [2.05, 4.69) is 42.3 Å². The van der Waals surface area contributed by atoms with Crippen molar-refractivity contribution >= 4 is 29.0 Å². The average molecular weight is 395 g/mol. The summed E-state index contributed by atoms with van der Waals surface area (Å²) in [6.07, 6.45) is -0.604. The normalized spacial score (nSPS) is 11.3. The number of hydrogen-bond acceptors (Lipinski definition) is 4. The van der Waals surface area contributed by atoms with Crippen LogP contribution in [0.25, 0.3) is 10.9 Å². The molecule has 0 spiro atoms. The summed E-state index contributed by atoms with van der Waals surface area (Å²) < 4.78 is 8.08. The third-order valence-electron chi connectivity index (χ3n) is 4.62. The number of carbonyl (C=O) groups excluding carboxylic acids is 3. The lowest BCUT2D eigenvalue weighted by atomic mass is 10.1. The van der Waals surface area contributed by atoms with Gasteiger partial charge in [-0.15, -0.1) is 0 Å². The second-order valence-corrected chi connectivity index (χ2v) is 6.62. The number of aldehydes is 1. The van der Waals surface area contributed by atoms with Crippen molar-refractivity contribution in [2.45, 2.75) is 33.4 Å². The topological polar surface area (TPSA) is 117 Å². The minimum Gasteiger partial charge on any atom is -0.480 e. The van der Waals surface area contributed by atoms with Crippen LogP contribution in [0.3, 0.4) is 0 Å². The maximum absolute atomic E-state index is 11.3. The number of rotatable bonds is 6. The zero-order valence-electron chi connectivity index (χ0n) is 16.7. The van der Waals surface area contributed by atoms with Crippen molar-refractivity contribution in [3.8, 4) is 5.75 Å². The van der Waals surface area contributed by atoms with Crippen molar-refractivity contribution in [3.63, 3.8) is 0 Å². The molecule has 0 saturated carbocycles. The highest BCUT2D eigenvalue weighted by Gasteiger charge is 2.18. The van der Waals surface area contributed by atoms with Crippen molar-refractivity contribution in [1.82, 2.24) is 4.57 Å². The van der Waals surface area contributed by atoms with E-state index in [0.717, 1.165) is 23.0 Å². The molecule has 29 heavy (non-hydrogen) atoms. The number of nitrogens with two attached hydrogens (primary N) is 2. The molecule has 1 unspecified atom stereocenters. The predicted molar refractivity (Wildman–Crippen MR) is 111 cm³/mol. The Bertz CT molecular complexity index is 1030. The fourth-order valence-electron chi connectivity index (χ4n) is 3.00. The zero-order chi connectivity index (χ0) is 21.6. The Kier molecular flexibility index (Phi) is 7.14. The smallest absolute Gasteiger partial charge is 0.281 e. The molecule has 3 rings (SSSR count). The van der Waals surface area contributed by atoms with Gasteiger partial charge in [-0.05, 0) is 44.0 Å². The van der Waals surface area contributed by atoms with Gasteiger partial charge in [0.2, 0.25) is 6.29 Å². The quantitative estimate of drug-likeness (QED) is 0.491. The van der Waals surface area contributed by atoms with Crippen molar-refractivity contribution in [2.24, 2.45) is 11.5 Å². The Morgan fingerprint density at radius 3 is 2.24 bits per heavy atom. The summed E-state index contributed by atoms with van der Waals surface area (Å²) in [6, 6.07) is 16.3. The van der Waals surface area contributed by atoms with E-state index < -0.39 is 17.9 Å². The fourth-order valence-corrected chi connectivity index (χ4v) is 3.00. The number of fused-ring (bicyclic) bond motifs is 1. The molecule has 0 fully saturated rings. The van der Waals surface area contributed by atoms with Crippen LogP contribution in [0.5, 0.6) is 5.75 Å². The molecule has 0 bridgehead atoms. The molecule has 0 aliphatic heterocycles. The Balaban J connectivity index is 0.000000537. The number of nitrogens with zero attached hydrogens (tertiary/aromatic N) is 1. The van der Waals surface area contributed by atoms with Gasteiger partial charge in [-0.3, -0.25) is 14.4 Å². The number of hydrogen-bond donors (Lipinski definition) is 2. The minimum absolute atomic E-state index is 0.0556. The summed E-state index contributed by atoms with van der Waals surface area (Å²) >= 11 is 0. The average Bonchev–Trinajstić information content (AvgIpc) is 2.95. The molecule has 7 nitrogen and oxygen atoms in total. The fraction of sp³-hybridized carbons (Fsp3) is 0.227. The zero-order valence-corrected chi connectivity index (χ0v) is 16.7. The molecule has 1 aromatic heterocycles. The minimum atomic E-state index is -0.926. The van der Waals surface area contributed by atoms with Crippen LogP contribution in [0.15, 0.2) is 48.5 Å². The van der Waals surface area contributed by atoms with E-state index >= 15 is 0 Å². The molecule has 0 radical (unpaired) electrons. The van der Waals surface area contributed by atoms with Crippen LogP contribution >= 0.6 is 0 Å². The van der Waals surface area contributed by atoms with Gasteiger partial charge >= 0.3 is 0 Å². The maximum atomic E-state index is 11.3. The molecular weight excluding hydrogens is 370 g/mol. The summed E-state index contributed by atoms with van der Waals surface area (Å²) in [4.78, 5) is 29.6. The third-order valence-corrected chi connectivity index (χ3v) is 4.62. The van der Waals surface area contributed by atoms with Gasteiger partial charge in [-0.2, -0.15) is 0 Å². The Morgan fingerprint density at radius 2 is 1.69 bits per heavy atom. The van der Waals surface area contributed by atoms with Gasteiger partial charge in [0, 0.05) is 17.6 Å². The Labute approximate surface area is 169 Å². The largest absolute Gasteiger partial charge is 0.480 e. The van der Waals surface area contributed by atoms with Gasteiger partial charge in [0.15, 0.2) is 6.10 Å². The van der Waals surface area contributed by atoms with Crippen LogP contribution < -0.4 is 16.2 Å². The number of benzene rings is 2. The highest BCUT2D eigenvalue weighted by atomic mass is 16.5. The first-order valence-corrected chi connectivity index (χ1v) is 9.09. The molecule has 0 saturated heterocycles. The van der Waals surface area contributed by atoms with Gasteiger partial charge in [-0.1, -0.05) is 36.4 Å². The molecule has 0 aliphatic rings. The summed E-state index contributed by atoms with van der Waals surface area (Å²) in [6.45, 7) is 6.66. The molecule has 4 N–H and O–H groups in total. The number of carbonyl (C=O) groups is 3. The molecule has 0 aliphatic carbocycles. The van der Waals surface area contributed by atoms with Crippen molar-refractivity contribution in [3.05, 3.63) is 65.4 Å². The van der Waals surface area contributed by atoms with E-state index in [9.17, 15) is 9.59 Å². The van der Waals surface area contributed by atoms with Crippen LogP contribution in [0.2, 0.25) is 0 Å². The first-order valence-electron chi connectivity index (χ1n) is 9.09. The second-order valence-electron chi connectivity index (χ2n) is 6.62. The van der Waals surface area contributed by atoms with Crippen molar-refractivity contribution < 1.29 is 19.1 Å². The highest BCUT2D eigenvalue weighted by molar-refractivity contribution is 6.22. The summed E-state index contributed by atoms with van der Waals surface area (Å²) in [7, 11) is 0. The first kappa shape index (κ1) is 21.7. The van der Waals surface area contributed by atoms with Crippen LogP contribution in [0.4, 0.5) is 0 Å². The van der Waals surface area contributed by atoms with Gasteiger partial charge in [0.05, 0.1) is 5.52 Å².